The van der Waals surface area contributed by atoms with Crippen molar-refractivity contribution in [1.82, 2.24) is 0 Å². The smallest absolute Gasteiger partial charge is 0.142 e. The molecule has 0 saturated heterocycles. The van der Waals surface area contributed by atoms with Crippen LogP contribution in [0.3, 0.4) is 0 Å². The van der Waals surface area contributed by atoms with Gasteiger partial charge in [-0.15, -0.1) is 0 Å². The second-order valence-corrected chi connectivity index (χ2v) is 5.54. The van der Waals surface area contributed by atoms with Gasteiger partial charge in [-0.05, 0) is 31.0 Å². The van der Waals surface area contributed by atoms with E-state index in [1.54, 1.807) is 7.11 Å². The number of methoxy groups -OCH3 is 1. The molecular formula is C18H31NO2. The number of rotatable bonds is 12. The van der Waals surface area contributed by atoms with Crippen LogP contribution in [-0.2, 0) is 4.74 Å². The SMILES string of the molecule is CCCCCCCCNc1ccc(C)cc1OCCOC. The van der Waals surface area contributed by atoms with Crippen LogP contribution >= 0.6 is 0 Å². The summed E-state index contributed by atoms with van der Waals surface area (Å²) in [5.41, 5.74) is 2.30. The molecule has 1 rings (SSSR count). The third kappa shape index (κ3) is 7.96. The maximum Gasteiger partial charge on any atom is 0.142 e. The molecule has 0 aromatic heterocycles. The Kier molecular flexibility index (Phi) is 9.71. The number of aryl methyl sites for hydroxylation is 1. The molecule has 0 aliphatic heterocycles. The van der Waals surface area contributed by atoms with Gasteiger partial charge in [0.2, 0.25) is 0 Å². The molecule has 120 valence electrons. The van der Waals surface area contributed by atoms with Crippen LogP contribution in [0, 0.1) is 6.92 Å². The van der Waals surface area contributed by atoms with Crippen molar-refractivity contribution < 1.29 is 9.47 Å². The van der Waals surface area contributed by atoms with E-state index in [1.807, 2.05) is 0 Å². The Morgan fingerprint density at radius 2 is 1.76 bits per heavy atom. The van der Waals surface area contributed by atoms with E-state index in [0.717, 1.165) is 18.0 Å². The van der Waals surface area contributed by atoms with Gasteiger partial charge in [0.15, 0.2) is 0 Å². The molecule has 0 heterocycles. The number of anilines is 1. The molecule has 1 aromatic rings. The largest absolute Gasteiger partial charge is 0.489 e. The van der Waals surface area contributed by atoms with Crippen molar-refractivity contribution in [2.24, 2.45) is 0 Å². The number of unbranched alkanes of at least 4 members (excludes halogenated alkanes) is 5. The van der Waals surface area contributed by atoms with Gasteiger partial charge in [0, 0.05) is 13.7 Å². The van der Waals surface area contributed by atoms with E-state index in [-0.39, 0.29) is 0 Å². The quantitative estimate of drug-likeness (QED) is 0.562. The van der Waals surface area contributed by atoms with Gasteiger partial charge in [0.1, 0.15) is 12.4 Å². The number of benzene rings is 1. The fourth-order valence-electron chi connectivity index (χ4n) is 2.26. The highest BCUT2D eigenvalue weighted by molar-refractivity contribution is 5.57. The molecule has 0 spiro atoms. The van der Waals surface area contributed by atoms with Gasteiger partial charge in [0.05, 0.1) is 12.3 Å². The van der Waals surface area contributed by atoms with Gasteiger partial charge in [-0.25, -0.2) is 0 Å². The lowest BCUT2D eigenvalue weighted by Gasteiger charge is -2.14. The molecule has 3 heteroatoms. The maximum atomic E-state index is 5.78. The van der Waals surface area contributed by atoms with E-state index >= 15 is 0 Å². The zero-order valence-corrected chi connectivity index (χ0v) is 13.9. The summed E-state index contributed by atoms with van der Waals surface area (Å²) in [4.78, 5) is 0. The summed E-state index contributed by atoms with van der Waals surface area (Å²) in [5.74, 6) is 0.929. The zero-order chi connectivity index (χ0) is 15.3. The molecule has 0 unspecified atom stereocenters. The van der Waals surface area contributed by atoms with E-state index in [4.69, 9.17) is 9.47 Å². The third-order valence-electron chi connectivity index (χ3n) is 3.53. The molecule has 0 fully saturated rings. The minimum Gasteiger partial charge on any atom is -0.489 e. The maximum absolute atomic E-state index is 5.78. The second kappa shape index (κ2) is 11.4. The predicted molar refractivity (Wildman–Crippen MR) is 90.4 cm³/mol. The summed E-state index contributed by atoms with van der Waals surface area (Å²) in [7, 11) is 1.69. The molecule has 0 aliphatic carbocycles. The van der Waals surface area contributed by atoms with Gasteiger partial charge in [-0.1, -0.05) is 45.1 Å². The van der Waals surface area contributed by atoms with Crippen LogP contribution in [-0.4, -0.2) is 26.9 Å². The molecule has 0 radical (unpaired) electrons. The van der Waals surface area contributed by atoms with Crippen molar-refractivity contribution in [3.63, 3.8) is 0 Å². The van der Waals surface area contributed by atoms with E-state index in [9.17, 15) is 0 Å². The first kappa shape index (κ1) is 17.8. The monoisotopic (exact) mass is 293 g/mol. The molecule has 0 amide bonds. The van der Waals surface area contributed by atoms with Crippen LogP contribution in [0.1, 0.15) is 51.0 Å². The lowest BCUT2D eigenvalue weighted by molar-refractivity contribution is 0.146. The number of ether oxygens (including phenoxy) is 2. The normalized spacial score (nSPS) is 10.6. The molecule has 1 N–H and O–H groups in total. The van der Waals surface area contributed by atoms with Crippen molar-refractivity contribution in [3.8, 4) is 5.75 Å². The summed E-state index contributed by atoms with van der Waals surface area (Å²) in [5, 5.41) is 3.49. The Morgan fingerprint density at radius 1 is 1.00 bits per heavy atom. The van der Waals surface area contributed by atoms with Gasteiger partial charge < -0.3 is 14.8 Å². The van der Waals surface area contributed by atoms with Crippen LogP contribution in [0.2, 0.25) is 0 Å². The summed E-state index contributed by atoms with van der Waals surface area (Å²) in [6.07, 6.45) is 7.91. The van der Waals surface area contributed by atoms with Gasteiger partial charge >= 0.3 is 0 Å². The van der Waals surface area contributed by atoms with Crippen LogP contribution in [0.25, 0.3) is 0 Å². The molecule has 0 atom stereocenters. The van der Waals surface area contributed by atoms with Crippen molar-refractivity contribution in [1.29, 1.82) is 0 Å². The van der Waals surface area contributed by atoms with E-state index in [0.29, 0.717) is 13.2 Å². The fourth-order valence-corrected chi connectivity index (χ4v) is 2.26. The molecule has 1 aromatic carbocycles. The number of hydrogen-bond donors (Lipinski definition) is 1. The summed E-state index contributed by atoms with van der Waals surface area (Å²) in [6, 6.07) is 6.31. The minimum atomic E-state index is 0.589. The number of hydrogen-bond acceptors (Lipinski definition) is 3. The van der Waals surface area contributed by atoms with E-state index < -0.39 is 0 Å². The molecular weight excluding hydrogens is 262 g/mol. The Morgan fingerprint density at radius 3 is 2.52 bits per heavy atom. The predicted octanol–water partition coefficient (Wildman–Crippen LogP) is 4.79. The van der Waals surface area contributed by atoms with Crippen LogP contribution < -0.4 is 10.1 Å². The average molecular weight is 293 g/mol. The van der Waals surface area contributed by atoms with Crippen LogP contribution in [0.15, 0.2) is 18.2 Å². The molecule has 0 saturated carbocycles. The minimum absolute atomic E-state index is 0.589. The fraction of sp³-hybridized carbons (Fsp3) is 0.667. The standard InChI is InChI=1S/C18H31NO2/c1-4-5-6-7-8-9-12-19-17-11-10-16(2)15-18(17)21-14-13-20-3/h10-11,15,19H,4-9,12-14H2,1-3H3. The van der Waals surface area contributed by atoms with Gasteiger partial charge in [-0.2, -0.15) is 0 Å². The highest BCUT2D eigenvalue weighted by Crippen LogP contribution is 2.25. The van der Waals surface area contributed by atoms with Crippen molar-refractivity contribution in [2.75, 3.05) is 32.2 Å². The first-order chi connectivity index (χ1) is 10.3. The number of nitrogens with one attached hydrogen (secondary N) is 1. The van der Waals surface area contributed by atoms with E-state index in [1.165, 1.54) is 44.1 Å². The lowest BCUT2D eigenvalue weighted by atomic mass is 10.1. The topological polar surface area (TPSA) is 30.5 Å². The Hall–Kier alpha value is -1.22. The second-order valence-electron chi connectivity index (χ2n) is 5.54. The van der Waals surface area contributed by atoms with Crippen molar-refractivity contribution in [2.45, 2.75) is 52.4 Å². The summed E-state index contributed by atoms with van der Waals surface area (Å²) < 4.78 is 10.8. The van der Waals surface area contributed by atoms with Crippen molar-refractivity contribution in [3.05, 3.63) is 23.8 Å². The molecule has 21 heavy (non-hydrogen) atoms. The Labute approximate surface area is 130 Å². The lowest BCUT2D eigenvalue weighted by Crippen LogP contribution is -2.08. The zero-order valence-electron chi connectivity index (χ0n) is 13.9. The van der Waals surface area contributed by atoms with Crippen LogP contribution in [0.5, 0.6) is 5.75 Å². The average Bonchev–Trinajstić information content (AvgIpc) is 2.48. The molecule has 3 nitrogen and oxygen atoms in total. The molecule has 0 bridgehead atoms. The van der Waals surface area contributed by atoms with Gasteiger partial charge in [0.25, 0.3) is 0 Å². The Balaban J connectivity index is 2.32. The van der Waals surface area contributed by atoms with Gasteiger partial charge in [-0.3, -0.25) is 0 Å². The van der Waals surface area contributed by atoms with E-state index in [2.05, 4.69) is 37.4 Å². The Bertz CT molecular complexity index is 379. The van der Waals surface area contributed by atoms with Crippen LogP contribution in [0.4, 0.5) is 5.69 Å². The molecule has 0 aliphatic rings. The first-order valence-electron chi connectivity index (χ1n) is 8.24. The van der Waals surface area contributed by atoms with Crippen molar-refractivity contribution >= 4 is 5.69 Å². The highest BCUT2D eigenvalue weighted by Gasteiger charge is 2.03. The summed E-state index contributed by atoms with van der Waals surface area (Å²) >= 11 is 0. The third-order valence-corrected chi connectivity index (χ3v) is 3.53. The highest BCUT2D eigenvalue weighted by atomic mass is 16.5. The summed E-state index contributed by atoms with van der Waals surface area (Å²) in [6.45, 7) is 6.55. The first-order valence-corrected chi connectivity index (χ1v) is 8.24.